The Hall–Kier alpha value is -1.22. The molecule has 86 valence electrons. The van der Waals surface area contributed by atoms with Gasteiger partial charge in [-0.15, -0.1) is 0 Å². The van der Waals surface area contributed by atoms with E-state index in [2.05, 4.69) is 0 Å². The molecular formula is C12H14ClNO2. The van der Waals surface area contributed by atoms with Crippen molar-refractivity contribution in [2.45, 2.75) is 12.8 Å². The van der Waals surface area contributed by atoms with Crippen molar-refractivity contribution in [2.24, 2.45) is 5.92 Å². The molecule has 1 aromatic carbocycles. The lowest BCUT2D eigenvalue weighted by molar-refractivity contribution is 0.0785. The molecule has 1 fully saturated rings. The summed E-state index contributed by atoms with van der Waals surface area (Å²) in [6, 6.07) is 4.56. The van der Waals surface area contributed by atoms with Crippen LogP contribution in [-0.4, -0.2) is 29.5 Å². The summed E-state index contributed by atoms with van der Waals surface area (Å²) in [7, 11) is 1.76. The van der Waals surface area contributed by atoms with Crippen molar-refractivity contribution in [1.82, 2.24) is 4.90 Å². The standard InChI is InChI=1S/C12H14ClNO2/c1-14(7-8-2-3-8)12(16)10-5-4-9(13)6-11(10)15/h4-6,8,15H,2-3,7H2,1H3. The maximum atomic E-state index is 12.0. The van der Waals surface area contributed by atoms with Crippen LogP contribution in [0.25, 0.3) is 0 Å². The Kier molecular flexibility index (Phi) is 3.06. The average molecular weight is 240 g/mol. The molecule has 1 saturated carbocycles. The van der Waals surface area contributed by atoms with Gasteiger partial charge in [-0.2, -0.15) is 0 Å². The summed E-state index contributed by atoms with van der Waals surface area (Å²) in [4.78, 5) is 13.6. The number of phenols is 1. The highest BCUT2D eigenvalue weighted by molar-refractivity contribution is 6.30. The Morgan fingerprint density at radius 1 is 1.56 bits per heavy atom. The highest BCUT2D eigenvalue weighted by atomic mass is 35.5. The molecule has 0 saturated heterocycles. The first-order valence-corrected chi connectivity index (χ1v) is 5.69. The molecule has 0 radical (unpaired) electrons. The number of amides is 1. The molecule has 0 bridgehead atoms. The van der Waals surface area contributed by atoms with E-state index < -0.39 is 0 Å². The van der Waals surface area contributed by atoms with Crippen LogP contribution in [-0.2, 0) is 0 Å². The van der Waals surface area contributed by atoms with Crippen LogP contribution in [0.15, 0.2) is 18.2 Å². The SMILES string of the molecule is CN(CC1CC1)C(=O)c1ccc(Cl)cc1O. The number of hydrogen-bond acceptors (Lipinski definition) is 2. The minimum atomic E-state index is -0.152. The molecule has 1 aliphatic rings. The van der Waals surface area contributed by atoms with Gasteiger partial charge in [0.2, 0.25) is 0 Å². The third-order valence-electron chi connectivity index (χ3n) is 2.77. The number of phenolic OH excluding ortho intramolecular Hbond substituents is 1. The van der Waals surface area contributed by atoms with Crippen molar-refractivity contribution < 1.29 is 9.90 Å². The van der Waals surface area contributed by atoms with E-state index >= 15 is 0 Å². The van der Waals surface area contributed by atoms with Crippen LogP contribution in [0.1, 0.15) is 23.2 Å². The van der Waals surface area contributed by atoms with Crippen molar-refractivity contribution >= 4 is 17.5 Å². The molecule has 0 unspecified atom stereocenters. The molecule has 0 heterocycles. The van der Waals surface area contributed by atoms with Gasteiger partial charge in [-0.3, -0.25) is 4.79 Å². The Bertz CT molecular complexity index is 415. The van der Waals surface area contributed by atoms with E-state index in [1.807, 2.05) is 0 Å². The van der Waals surface area contributed by atoms with Crippen LogP contribution in [0.5, 0.6) is 5.75 Å². The molecule has 1 N–H and O–H groups in total. The minimum Gasteiger partial charge on any atom is -0.507 e. The van der Waals surface area contributed by atoms with Crippen molar-refractivity contribution in [3.63, 3.8) is 0 Å². The second kappa shape index (κ2) is 4.34. The Labute approximate surface area is 99.6 Å². The number of rotatable bonds is 3. The summed E-state index contributed by atoms with van der Waals surface area (Å²) >= 11 is 5.71. The van der Waals surface area contributed by atoms with Gasteiger partial charge in [0.15, 0.2) is 0 Å². The third kappa shape index (κ3) is 2.47. The predicted octanol–water partition coefficient (Wildman–Crippen LogP) is 2.53. The largest absolute Gasteiger partial charge is 0.507 e. The van der Waals surface area contributed by atoms with Gasteiger partial charge in [0.25, 0.3) is 5.91 Å². The van der Waals surface area contributed by atoms with E-state index in [4.69, 9.17) is 11.6 Å². The average Bonchev–Trinajstić information content (AvgIpc) is 3.00. The topological polar surface area (TPSA) is 40.5 Å². The number of benzene rings is 1. The zero-order valence-corrected chi connectivity index (χ0v) is 9.87. The van der Waals surface area contributed by atoms with Gasteiger partial charge in [-0.25, -0.2) is 0 Å². The maximum Gasteiger partial charge on any atom is 0.257 e. The number of nitrogens with zero attached hydrogens (tertiary/aromatic N) is 1. The molecule has 4 heteroatoms. The van der Waals surface area contributed by atoms with Crippen molar-refractivity contribution in [3.8, 4) is 5.75 Å². The number of hydrogen-bond donors (Lipinski definition) is 1. The Morgan fingerprint density at radius 3 is 2.81 bits per heavy atom. The van der Waals surface area contributed by atoms with E-state index in [1.165, 1.54) is 18.9 Å². The maximum absolute atomic E-state index is 12.0. The fourth-order valence-electron chi connectivity index (χ4n) is 1.66. The fraction of sp³-hybridized carbons (Fsp3) is 0.417. The molecule has 16 heavy (non-hydrogen) atoms. The van der Waals surface area contributed by atoms with E-state index in [9.17, 15) is 9.90 Å². The van der Waals surface area contributed by atoms with Crippen molar-refractivity contribution in [1.29, 1.82) is 0 Å². The van der Waals surface area contributed by atoms with Gasteiger partial charge in [0, 0.05) is 18.6 Å². The van der Waals surface area contributed by atoms with Gasteiger partial charge in [-0.1, -0.05) is 11.6 Å². The van der Waals surface area contributed by atoms with Gasteiger partial charge < -0.3 is 10.0 Å². The predicted molar refractivity (Wildman–Crippen MR) is 62.8 cm³/mol. The number of aromatic hydroxyl groups is 1. The third-order valence-corrected chi connectivity index (χ3v) is 3.00. The molecule has 1 aliphatic carbocycles. The summed E-state index contributed by atoms with van der Waals surface area (Å²) in [6.45, 7) is 0.765. The van der Waals surface area contributed by atoms with E-state index in [0.717, 1.165) is 6.54 Å². The molecule has 2 rings (SSSR count). The molecule has 0 aliphatic heterocycles. The van der Waals surface area contributed by atoms with Gasteiger partial charge >= 0.3 is 0 Å². The van der Waals surface area contributed by atoms with Gasteiger partial charge in [0.1, 0.15) is 5.75 Å². The summed E-state index contributed by atoms with van der Waals surface area (Å²) in [5, 5.41) is 10.1. The van der Waals surface area contributed by atoms with Crippen LogP contribution in [0.4, 0.5) is 0 Å². The summed E-state index contributed by atoms with van der Waals surface area (Å²) in [5.74, 6) is 0.435. The van der Waals surface area contributed by atoms with Crippen LogP contribution < -0.4 is 0 Å². The first kappa shape index (κ1) is 11.3. The lowest BCUT2D eigenvalue weighted by Gasteiger charge is -2.17. The number of carbonyl (C=O) groups excluding carboxylic acids is 1. The molecule has 1 amide bonds. The second-order valence-corrected chi connectivity index (χ2v) is 4.73. The highest BCUT2D eigenvalue weighted by Crippen LogP contribution is 2.30. The monoisotopic (exact) mass is 239 g/mol. The summed E-state index contributed by atoms with van der Waals surface area (Å²) < 4.78 is 0. The normalized spacial score (nSPS) is 14.9. The zero-order chi connectivity index (χ0) is 11.7. The first-order valence-electron chi connectivity index (χ1n) is 5.32. The zero-order valence-electron chi connectivity index (χ0n) is 9.11. The van der Waals surface area contributed by atoms with E-state index in [-0.39, 0.29) is 11.7 Å². The van der Waals surface area contributed by atoms with Crippen molar-refractivity contribution in [3.05, 3.63) is 28.8 Å². The van der Waals surface area contributed by atoms with Gasteiger partial charge in [0.05, 0.1) is 5.56 Å². The minimum absolute atomic E-state index is 0.0554. The molecule has 3 nitrogen and oxygen atoms in total. The van der Waals surface area contributed by atoms with Crippen LogP contribution in [0.3, 0.4) is 0 Å². The lowest BCUT2D eigenvalue weighted by atomic mass is 10.1. The van der Waals surface area contributed by atoms with Crippen molar-refractivity contribution in [2.75, 3.05) is 13.6 Å². The number of halogens is 1. The Balaban J connectivity index is 2.12. The van der Waals surface area contributed by atoms with E-state index in [0.29, 0.717) is 16.5 Å². The molecule has 0 aromatic heterocycles. The van der Waals surface area contributed by atoms with Crippen LogP contribution in [0.2, 0.25) is 5.02 Å². The molecule has 0 atom stereocenters. The fourth-order valence-corrected chi connectivity index (χ4v) is 1.83. The van der Waals surface area contributed by atoms with E-state index in [1.54, 1.807) is 24.1 Å². The smallest absolute Gasteiger partial charge is 0.257 e. The summed E-state index contributed by atoms with van der Waals surface area (Å²) in [6.07, 6.45) is 2.40. The quantitative estimate of drug-likeness (QED) is 0.881. The summed E-state index contributed by atoms with van der Waals surface area (Å²) in [5.41, 5.74) is 0.313. The molecule has 0 spiro atoms. The highest BCUT2D eigenvalue weighted by Gasteiger charge is 2.26. The van der Waals surface area contributed by atoms with Crippen LogP contribution >= 0.6 is 11.6 Å². The van der Waals surface area contributed by atoms with Gasteiger partial charge in [-0.05, 0) is 37.0 Å². The molecular weight excluding hydrogens is 226 g/mol. The lowest BCUT2D eigenvalue weighted by Crippen LogP contribution is -2.28. The first-order chi connectivity index (χ1) is 7.58. The molecule has 1 aromatic rings. The van der Waals surface area contributed by atoms with Crippen LogP contribution in [0, 0.1) is 5.92 Å². The number of carbonyl (C=O) groups is 1. The second-order valence-electron chi connectivity index (χ2n) is 4.29. The Morgan fingerprint density at radius 2 is 2.25 bits per heavy atom.